The Balaban J connectivity index is 2.33. The van der Waals surface area contributed by atoms with Gasteiger partial charge in [0, 0.05) is 37.4 Å². The zero-order valence-electron chi connectivity index (χ0n) is 16.3. The van der Waals surface area contributed by atoms with Gasteiger partial charge in [0.2, 0.25) is 0 Å². The molecule has 1 aliphatic rings. The van der Waals surface area contributed by atoms with Crippen LogP contribution in [-0.4, -0.2) is 37.4 Å². The lowest BCUT2D eigenvalue weighted by Crippen LogP contribution is -2.18. The zero-order valence-corrected chi connectivity index (χ0v) is 16.3. The van der Waals surface area contributed by atoms with Crippen LogP contribution < -0.4 is 0 Å². The number of ketones is 1. The van der Waals surface area contributed by atoms with Crippen LogP contribution in [0.25, 0.3) is 5.57 Å². The highest BCUT2D eigenvalue weighted by atomic mass is 16.7. The number of nitrogens with zero attached hydrogens (tertiary/aromatic N) is 1. The maximum absolute atomic E-state index is 12.7. The molecule has 0 fully saturated rings. The Morgan fingerprint density at radius 1 is 1.19 bits per heavy atom. The van der Waals surface area contributed by atoms with E-state index in [1.54, 1.807) is 14.2 Å². The van der Waals surface area contributed by atoms with Crippen molar-refractivity contribution in [1.82, 2.24) is 0 Å². The predicted octanol–water partition coefficient (Wildman–Crippen LogP) is 4.34. The Morgan fingerprint density at radius 3 is 2.41 bits per heavy atom. The molecule has 27 heavy (non-hydrogen) atoms. The number of benzene rings is 1. The van der Waals surface area contributed by atoms with Crippen LogP contribution in [0.2, 0.25) is 0 Å². The summed E-state index contributed by atoms with van der Waals surface area (Å²) in [5, 5.41) is 14.6. The third-order valence-corrected chi connectivity index (χ3v) is 4.29. The van der Waals surface area contributed by atoms with Crippen molar-refractivity contribution in [3.05, 3.63) is 52.8 Å². The lowest BCUT2D eigenvalue weighted by molar-refractivity contribution is -0.114. The van der Waals surface area contributed by atoms with Crippen molar-refractivity contribution in [3.8, 4) is 0 Å². The van der Waals surface area contributed by atoms with Crippen LogP contribution in [0.5, 0.6) is 0 Å². The molecule has 6 nitrogen and oxygen atoms in total. The van der Waals surface area contributed by atoms with Gasteiger partial charge in [-0.3, -0.25) is 4.79 Å². The molecule has 1 aromatic carbocycles. The number of methoxy groups -OCH3 is 2. The molecule has 0 saturated heterocycles. The van der Waals surface area contributed by atoms with E-state index in [9.17, 15) is 9.90 Å². The molecule has 2 rings (SSSR count). The quantitative estimate of drug-likeness (QED) is 0.396. The monoisotopic (exact) mass is 373 g/mol. The summed E-state index contributed by atoms with van der Waals surface area (Å²) in [4.78, 5) is 17.8. The number of rotatable bonds is 9. The van der Waals surface area contributed by atoms with E-state index in [-0.39, 0.29) is 18.0 Å². The number of ether oxygens (including phenoxy) is 2. The molecule has 0 spiro atoms. The van der Waals surface area contributed by atoms with Gasteiger partial charge in [0.1, 0.15) is 12.4 Å². The standard InChI is InChI=1S/C21H27NO5/c1-5-7-18(22-27-6-2)17-13-19(23)16(12-20(17)24)14-8-10-15(11-9-14)21(25-3)26-4/h8-11,13,21,23H,5-7,12H2,1-4H3. The molecular weight excluding hydrogens is 346 g/mol. The van der Waals surface area contributed by atoms with Gasteiger partial charge in [-0.15, -0.1) is 0 Å². The van der Waals surface area contributed by atoms with Gasteiger partial charge in [-0.1, -0.05) is 42.8 Å². The lowest BCUT2D eigenvalue weighted by Gasteiger charge is -2.18. The average Bonchev–Trinajstić information content (AvgIpc) is 2.68. The fraction of sp³-hybridized carbons (Fsp3) is 0.429. The van der Waals surface area contributed by atoms with Crippen molar-refractivity contribution >= 4 is 17.1 Å². The second-order valence-electron chi connectivity index (χ2n) is 6.15. The molecule has 0 aliphatic heterocycles. The Morgan fingerprint density at radius 2 is 1.85 bits per heavy atom. The molecule has 0 aromatic heterocycles. The van der Waals surface area contributed by atoms with Crippen LogP contribution in [0, 0.1) is 0 Å². The molecule has 0 amide bonds. The zero-order chi connectivity index (χ0) is 19.8. The molecule has 6 heteroatoms. The number of aliphatic hydroxyl groups is 1. The molecule has 0 heterocycles. The predicted molar refractivity (Wildman–Crippen MR) is 104 cm³/mol. The number of hydrogen-bond donors (Lipinski definition) is 1. The fourth-order valence-electron chi connectivity index (χ4n) is 2.96. The summed E-state index contributed by atoms with van der Waals surface area (Å²) in [6.07, 6.45) is 2.60. The summed E-state index contributed by atoms with van der Waals surface area (Å²) >= 11 is 0. The molecule has 0 atom stereocenters. The molecule has 0 saturated carbocycles. The second kappa shape index (κ2) is 10.0. The van der Waals surface area contributed by atoms with E-state index in [1.165, 1.54) is 6.08 Å². The smallest absolute Gasteiger partial charge is 0.183 e. The SMILES string of the molecule is CCCC(=NOCC)C1=CC(O)=C(c2ccc(C(OC)OC)cc2)CC1=O. The molecule has 1 aliphatic carbocycles. The van der Waals surface area contributed by atoms with Crippen LogP contribution in [0.3, 0.4) is 0 Å². The van der Waals surface area contributed by atoms with Gasteiger partial charge in [0.15, 0.2) is 12.1 Å². The minimum Gasteiger partial charge on any atom is -0.508 e. The van der Waals surface area contributed by atoms with E-state index in [1.807, 2.05) is 38.1 Å². The van der Waals surface area contributed by atoms with Gasteiger partial charge < -0.3 is 19.4 Å². The van der Waals surface area contributed by atoms with Gasteiger partial charge in [-0.05, 0) is 25.0 Å². The van der Waals surface area contributed by atoms with Crippen molar-refractivity contribution in [2.24, 2.45) is 5.16 Å². The van der Waals surface area contributed by atoms with Gasteiger partial charge in [0.05, 0.1) is 5.71 Å². The number of carbonyl (C=O) groups is 1. The summed E-state index contributed by atoms with van der Waals surface area (Å²) < 4.78 is 10.5. The molecule has 0 bridgehead atoms. The molecular formula is C21H27NO5. The van der Waals surface area contributed by atoms with Crippen molar-refractivity contribution in [3.63, 3.8) is 0 Å². The van der Waals surface area contributed by atoms with Crippen LogP contribution in [0.4, 0.5) is 0 Å². The fourth-order valence-corrected chi connectivity index (χ4v) is 2.96. The van der Waals surface area contributed by atoms with Crippen molar-refractivity contribution in [1.29, 1.82) is 0 Å². The minimum atomic E-state index is -0.451. The van der Waals surface area contributed by atoms with Gasteiger partial charge in [0.25, 0.3) is 0 Å². The average molecular weight is 373 g/mol. The Bertz CT molecular complexity index is 742. The van der Waals surface area contributed by atoms with Gasteiger partial charge in [-0.2, -0.15) is 0 Å². The Hall–Kier alpha value is -2.44. The lowest BCUT2D eigenvalue weighted by atomic mass is 9.88. The topological polar surface area (TPSA) is 77.3 Å². The Kier molecular flexibility index (Phi) is 7.76. The first-order chi connectivity index (χ1) is 13.0. The van der Waals surface area contributed by atoms with Crippen LogP contribution in [0.1, 0.15) is 50.5 Å². The van der Waals surface area contributed by atoms with E-state index in [0.717, 1.165) is 17.5 Å². The number of hydrogen-bond acceptors (Lipinski definition) is 6. The van der Waals surface area contributed by atoms with Crippen LogP contribution in [0.15, 0.2) is 46.8 Å². The number of Topliss-reactive ketones (excluding diaryl/α,β-unsaturated/α-hetero) is 1. The third kappa shape index (κ3) is 5.05. The highest BCUT2D eigenvalue weighted by Crippen LogP contribution is 2.31. The first-order valence-electron chi connectivity index (χ1n) is 9.07. The van der Waals surface area contributed by atoms with E-state index in [2.05, 4.69) is 5.16 Å². The minimum absolute atomic E-state index is 0.0766. The normalized spacial score (nSPS) is 15.4. The molecule has 0 unspecified atom stereocenters. The number of allylic oxidation sites excluding steroid dienone is 3. The van der Waals surface area contributed by atoms with E-state index in [0.29, 0.717) is 29.9 Å². The van der Waals surface area contributed by atoms with Crippen LogP contribution >= 0.6 is 0 Å². The highest BCUT2D eigenvalue weighted by Gasteiger charge is 2.25. The Labute approximate surface area is 160 Å². The number of oxime groups is 1. The first-order valence-corrected chi connectivity index (χ1v) is 9.07. The summed E-state index contributed by atoms with van der Waals surface area (Å²) in [5.74, 6) is -0.00174. The summed E-state index contributed by atoms with van der Waals surface area (Å²) in [6, 6.07) is 7.41. The summed E-state index contributed by atoms with van der Waals surface area (Å²) in [7, 11) is 3.14. The first kappa shape index (κ1) is 20.9. The van der Waals surface area contributed by atoms with Crippen molar-refractivity contribution in [2.75, 3.05) is 20.8 Å². The van der Waals surface area contributed by atoms with Gasteiger partial charge >= 0.3 is 0 Å². The van der Waals surface area contributed by atoms with E-state index >= 15 is 0 Å². The maximum Gasteiger partial charge on any atom is 0.183 e. The summed E-state index contributed by atoms with van der Waals surface area (Å²) in [6.45, 7) is 4.27. The van der Waals surface area contributed by atoms with E-state index in [4.69, 9.17) is 14.3 Å². The molecule has 1 aromatic rings. The molecule has 1 N–H and O–H groups in total. The largest absolute Gasteiger partial charge is 0.508 e. The maximum atomic E-state index is 12.7. The van der Waals surface area contributed by atoms with Gasteiger partial charge in [-0.25, -0.2) is 0 Å². The second-order valence-corrected chi connectivity index (χ2v) is 6.15. The summed E-state index contributed by atoms with van der Waals surface area (Å²) in [5.41, 5.74) is 3.23. The number of aliphatic hydroxyl groups excluding tert-OH is 1. The highest BCUT2D eigenvalue weighted by molar-refractivity contribution is 6.25. The molecule has 0 radical (unpaired) electrons. The molecule has 146 valence electrons. The van der Waals surface area contributed by atoms with E-state index < -0.39 is 6.29 Å². The third-order valence-electron chi connectivity index (χ3n) is 4.29. The number of carbonyl (C=O) groups excluding carboxylic acids is 1. The van der Waals surface area contributed by atoms with Crippen molar-refractivity contribution in [2.45, 2.75) is 39.4 Å². The van der Waals surface area contributed by atoms with Crippen LogP contribution in [-0.2, 0) is 19.1 Å². The van der Waals surface area contributed by atoms with Crippen molar-refractivity contribution < 1.29 is 24.2 Å².